The van der Waals surface area contributed by atoms with E-state index in [4.69, 9.17) is 5.11 Å². The summed E-state index contributed by atoms with van der Waals surface area (Å²) in [5.74, 6) is -1.67. The zero-order valence-electron chi connectivity index (χ0n) is 11.6. The van der Waals surface area contributed by atoms with Crippen LogP contribution in [0.15, 0.2) is 0 Å². The second-order valence-electron chi connectivity index (χ2n) is 5.32. The molecule has 1 heterocycles. The predicted molar refractivity (Wildman–Crippen MR) is 74.3 cm³/mol. The number of rotatable bonds is 5. The van der Waals surface area contributed by atoms with Crippen molar-refractivity contribution in [3.05, 3.63) is 0 Å². The molecule has 0 saturated carbocycles. The highest BCUT2D eigenvalue weighted by atomic mass is 32.2. The van der Waals surface area contributed by atoms with Crippen LogP contribution in [0.3, 0.4) is 0 Å². The third-order valence-corrected chi connectivity index (χ3v) is 5.20. The Labute approximate surface area is 116 Å². The first-order chi connectivity index (χ1) is 8.93. The van der Waals surface area contributed by atoms with Gasteiger partial charge in [0.25, 0.3) is 0 Å². The first-order valence-electron chi connectivity index (χ1n) is 6.81. The van der Waals surface area contributed by atoms with Crippen LogP contribution in [0, 0.1) is 5.92 Å². The van der Waals surface area contributed by atoms with Crippen molar-refractivity contribution in [2.24, 2.45) is 5.92 Å². The summed E-state index contributed by atoms with van der Waals surface area (Å²) < 4.78 is 12.0. The number of carboxylic acids is 1. The summed E-state index contributed by atoms with van der Waals surface area (Å²) in [7, 11) is -1.65. The molecule has 0 aliphatic carbocycles. The molecule has 0 radical (unpaired) electrons. The highest BCUT2D eigenvalue weighted by Crippen LogP contribution is 2.13. The van der Waals surface area contributed by atoms with Crippen LogP contribution >= 0.6 is 0 Å². The van der Waals surface area contributed by atoms with Crippen LogP contribution in [0.25, 0.3) is 0 Å². The van der Waals surface area contributed by atoms with Crippen LogP contribution in [0.2, 0.25) is 0 Å². The van der Waals surface area contributed by atoms with Crippen molar-refractivity contribution in [2.75, 3.05) is 18.8 Å². The monoisotopic (exact) mass is 289 g/mol. The van der Waals surface area contributed by atoms with Crippen molar-refractivity contribution < 1.29 is 18.9 Å². The molecule has 1 aliphatic rings. The van der Waals surface area contributed by atoms with Crippen molar-refractivity contribution in [1.82, 2.24) is 4.90 Å². The zero-order chi connectivity index (χ0) is 14.4. The minimum Gasteiger partial charge on any atom is -0.480 e. The SMILES string of the molecule is CC(C)C(C(=O)O)S(=O)CC(=O)N1CCCCCC1. The van der Waals surface area contributed by atoms with Gasteiger partial charge in [0.2, 0.25) is 5.91 Å². The van der Waals surface area contributed by atoms with E-state index < -0.39 is 22.0 Å². The van der Waals surface area contributed by atoms with Crippen LogP contribution in [0.1, 0.15) is 39.5 Å². The number of likely N-dealkylation sites (tertiary alicyclic amines) is 1. The van der Waals surface area contributed by atoms with Crippen molar-refractivity contribution in [3.63, 3.8) is 0 Å². The lowest BCUT2D eigenvalue weighted by Gasteiger charge is -2.22. The van der Waals surface area contributed by atoms with E-state index in [0.29, 0.717) is 13.1 Å². The van der Waals surface area contributed by atoms with Gasteiger partial charge in [-0.15, -0.1) is 0 Å². The molecule has 2 unspecified atom stereocenters. The van der Waals surface area contributed by atoms with Crippen LogP contribution in [-0.2, 0) is 20.4 Å². The molecule has 2 atom stereocenters. The molecule has 110 valence electrons. The Balaban J connectivity index is 2.59. The number of hydrogen-bond acceptors (Lipinski definition) is 3. The topological polar surface area (TPSA) is 74.7 Å². The molecule has 0 spiro atoms. The first-order valence-corrected chi connectivity index (χ1v) is 8.19. The maximum absolute atomic E-state index is 12.1. The van der Waals surface area contributed by atoms with E-state index in [1.165, 1.54) is 0 Å². The number of nitrogens with zero attached hydrogens (tertiary/aromatic N) is 1. The van der Waals surface area contributed by atoms with E-state index in [0.717, 1.165) is 25.7 Å². The van der Waals surface area contributed by atoms with Gasteiger partial charge in [0.05, 0.1) is 0 Å². The smallest absolute Gasteiger partial charge is 0.319 e. The highest BCUT2D eigenvalue weighted by molar-refractivity contribution is 7.87. The Morgan fingerprint density at radius 2 is 1.68 bits per heavy atom. The number of carbonyl (C=O) groups excluding carboxylic acids is 1. The summed E-state index contributed by atoms with van der Waals surface area (Å²) in [4.78, 5) is 24.9. The molecule has 0 bridgehead atoms. The Kier molecular flexibility index (Phi) is 6.48. The van der Waals surface area contributed by atoms with Gasteiger partial charge in [0.15, 0.2) is 0 Å². The summed E-state index contributed by atoms with van der Waals surface area (Å²) in [6.45, 7) is 4.84. The number of carboxylic acid groups (broad SMARTS) is 1. The lowest BCUT2D eigenvalue weighted by Crippen LogP contribution is -2.40. The van der Waals surface area contributed by atoms with Crippen molar-refractivity contribution in [2.45, 2.75) is 44.8 Å². The fraction of sp³-hybridized carbons (Fsp3) is 0.846. The lowest BCUT2D eigenvalue weighted by atomic mass is 10.1. The fourth-order valence-electron chi connectivity index (χ4n) is 2.32. The Morgan fingerprint density at radius 3 is 2.11 bits per heavy atom. The molecule has 1 rings (SSSR count). The van der Waals surface area contributed by atoms with Gasteiger partial charge in [-0.25, -0.2) is 0 Å². The number of aliphatic carboxylic acids is 1. The molecule has 1 amide bonds. The first kappa shape index (κ1) is 16.1. The van der Waals surface area contributed by atoms with Gasteiger partial charge in [-0.2, -0.15) is 0 Å². The van der Waals surface area contributed by atoms with Crippen LogP contribution in [-0.4, -0.2) is 50.2 Å². The molecule has 19 heavy (non-hydrogen) atoms. The molecule has 6 heteroatoms. The van der Waals surface area contributed by atoms with Crippen LogP contribution in [0.5, 0.6) is 0 Å². The number of carbonyl (C=O) groups is 2. The average Bonchev–Trinajstić information content (AvgIpc) is 2.55. The average molecular weight is 289 g/mol. The minimum atomic E-state index is -1.65. The summed E-state index contributed by atoms with van der Waals surface area (Å²) in [6.07, 6.45) is 4.20. The molecule has 0 aromatic rings. The molecule has 0 aromatic carbocycles. The summed E-state index contributed by atoms with van der Waals surface area (Å²) in [6, 6.07) is 0. The molecule has 1 saturated heterocycles. The van der Waals surface area contributed by atoms with E-state index in [2.05, 4.69) is 0 Å². The van der Waals surface area contributed by atoms with E-state index in [1.807, 2.05) is 0 Å². The van der Waals surface area contributed by atoms with Crippen molar-refractivity contribution in [1.29, 1.82) is 0 Å². The number of hydrogen-bond donors (Lipinski definition) is 1. The van der Waals surface area contributed by atoms with Gasteiger partial charge < -0.3 is 10.0 Å². The second kappa shape index (κ2) is 7.62. The van der Waals surface area contributed by atoms with E-state index in [9.17, 15) is 13.8 Å². The number of amides is 1. The third-order valence-electron chi connectivity index (χ3n) is 3.36. The standard InChI is InChI=1S/C13H23NO4S/c1-10(2)12(13(16)17)19(18)9-11(15)14-7-5-3-4-6-8-14/h10,12H,3-9H2,1-2H3,(H,16,17). The fourth-order valence-corrected chi connectivity index (χ4v) is 3.76. The van der Waals surface area contributed by atoms with E-state index in [1.54, 1.807) is 18.7 Å². The van der Waals surface area contributed by atoms with Crippen LogP contribution in [0.4, 0.5) is 0 Å². The summed E-state index contributed by atoms with van der Waals surface area (Å²) in [5, 5.41) is 8.10. The minimum absolute atomic E-state index is 0.171. The molecular weight excluding hydrogens is 266 g/mol. The van der Waals surface area contributed by atoms with Crippen LogP contribution < -0.4 is 0 Å². The van der Waals surface area contributed by atoms with Gasteiger partial charge in [-0.05, 0) is 18.8 Å². The molecular formula is C13H23NO4S. The zero-order valence-corrected chi connectivity index (χ0v) is 12.4. The van der Waals surface area contributed by atoms with Gasteiger partial charge >= 0.3 is 5.97 Å². The summed E-state index contributed by atoms with van der Waals surface area (Å²) in [5.41, 5.74) is 0. The quantitative estimate of drug-likeness (QED) is 0.826. The van der Waals surface area contributed by atoms with Gasteiger partial charge in [-0.1, -0.05) is 26.7 Å². The molecule has 0 aromatic heterocycles. The lowest BCUT2D eigenvalue weighted by molar-refractivity contribution is -0.137. The van der Waals surface area contributed by atoms with E-state index in [-0.39, 0.29) is 17.6 Å². The Morgan fingerprint density at radius 1 is 1.16 bits per heavy atom. The second-order valence-corrected chi connectivity index (χ2v) is 6.88. The normalized spacial score (nSPS) is 19.8. The Bertz CT molecular complexity index is 349. The molecule has 1 aliphatic heterocycles. The Hall–Kier alpha value is -0.910. The molecule has 5 nitrogen and oxygen atoms in total. The molecule has 1 fully saturated rings. The van der Waals surface area contributed by atoms with Gasteiger partial charge in [0.1, 0.15) is 11.0 Å². The van der Waals surface area contributed by atoms with Gasteiger partial charge in [0, 0.05) is 23.9 Å². The molecule has 1 N–H and O–H groups in total. The largest absolute Gasteiger partial charge is 0.480 e. The third kappa shape index (κ3) is 4.93. The van der Waals surface area contributed by atoms with Gasteiger partial charge in [-0.3, -0.25) is 13.8 Å². The van der Waals surface area contributed by atoms with Crippen molar-refractivity contribution >= 4 is 22.7 Å². The predicted octanol–water partition coefficient (Wildman–Crippen LogP) is 1.25. The maximum Gasteiger partial charge on any atom is 0.319 e. The van der Waals surface area contributed by atoms with E-state index >= 15 is 0 Å². The van der Waals surface area contributed by atoms with Crippen molar-refractivity contribution in [3.8, 4) is 0 Å². The highest BCUT2D eigenvalue weighted by Gasteiger charge is 2.30. The maximum atomic E-state index is 12.1. The summed E-state index contributed by atoms with van der Waals surface area (Å²) >= 11 is 0.